The van der Waals surface area contributed by atoms with E-state index >= 15 is 0 Å². The van der Waals surface area contributed by atoms with Gasteiger partial charge in [-0.1, -0.05) is 0 Å². The number of benzene rings is 1. The zero-order valence-corrected chi connectivity index (χ0v) is 10.8. The quantitative estimate of drug-likeness (QED) is 0.670. The molecule has 6 heteroatoms. The van der Waals surface area contributed by atoms with Gasteiger partial charge in [-0.3, -0.25) is 4.79 Å². The van der Waals surface area contributed by atoms with Crippen molar-refractivity contribution in [1.29, 1.82) is 5.26 Å². The second-order valence-electron chi connectivity index (χ2n) is 4.26. The monoisotopic (exact) mass is 275 g/mol. The van der Waals surface area contributed by atoms with Crippen molar-refractivity contribution in [2.24, 2.45) is 0 Å². The van der Waals surface area contributed by atoms with Crippen molar-refractivity contribution in [3.8, 4) is 6.07 Å². The highest BCUT2D eigenvalue weighted by molar-refractivity contribution is 6.06. The van der Waals surface area contributed by atoms with Crippen molar-refractivity contribution >= 4 is 11.6 Å². The highest BCUT2D eigenvalue weighted by Crippen LogP contribution is 2.10. The SMILES string of the molecule is N#C/C(=C/N1CCOCC1)C(=O)Nc1ccc(F)cc1. The lowest BCUT2D eigenvalue weighted by Gasteiger charge is -2.25. The first kappa shape index (κ1) is 14.0. The van der Waals surface area contributed by atoms with Crippen molar-refractivity contribution < 1.29 is 13.9 Å². The minimum atomic E-state index is -0.509. The molecular weight excluding hydrogens is 261 g/mol. The number of anilines is 1. The van der Waals surface area contributed by atoms with Gasteiger partial charge in [0.15, 0.2) is 0 Å². The van der Waals surface area contributed by atoms with E-state index in [1.165, 1.54) is 30.5 Å². The number of morpholine rings is 1. The molecule has 5 nitrogen and oxygen atoms in total. The molecule has 0 saturated carbocycles. The van der Waals surface area contributed by atoms with Gasteiger partial charge in [0, 0.05) is 25.0 Å². The Bertz CT molecular complexity index is 543. The van der Waals surface area contributed by atoms with Crippen LogP contribution >= 0.6 is 0 Å². The molecule has 0 radical (unpaired) electrons. The maximum atomic E-state index is 12.8. The van der Waals surface area contributed by atoms with Crippen molar-refractivity contribution in [2.45, 2.75) is 0 Å². The van der Waals surface area contributed by atoms with Crippen LogP contribution in [0, 0.1) is 17.1 Å². The topological polar surface area (TPSA) is 65.4 Å². The van der Waals surface area contributed by atoms with Crippen LogP contribution < -0.4 is 5.32 Å². The molecule has 1 fully saturated rings. The van der Waals surface area contributed by atoms with Gasteiger partial charge in [0.25, 0.3) is 5.91 Å². The van der Waals surface area contributed by atoms with E-state index in [4.69, 9.17) is 10.00 Å². The summed E-state index contributed by atoms with van der Waals surface area (Å²) in [5.41, 5.74) is 0.454. The first-order chi connectivity index (χ1) is 9.69. The molecule has 1 aliphatic rings. The fraction of sp³-hybridized carbons (Fsp3) is 0.286. The number of amides is 1. The number of halogens is 1. The molecule has 1 saturated heterocycles. The smallest absolute Gasteiger partial charge is 0.267 e. The molecule has 1 amide bonds. The average Bonchev–Trinajstić information content (AvgIpc) is 2.48. The van der Waals surface area contributed by atoms with Crippen LogP contribution in [0.25, 0.3) is 0 Å². The summed E-state index contributed by atoms with van der Waals surface area (Å²) in [6.07, 6.45) is 1.53. The van der Waals surface area contributed by atoms with Gasteiger partial charge >= 0.3 is 0 Å². The van der Waals surface area contributed by atoms with Crippen molar-refractivity contribution in [2.75, 3.05) is 31.6 Å². The molecule has 0 spiro atoms. The fourth-order valence-corrected chi connectivity index (χ4v) is 1.76. The van der Waals surface area contributed by atoms with E-state index in [2.05, 4.69) is 5.32 Å². The number of carbonyl (C=O) groups excluding carboxylic acids is 1. The lowest BCUT2D eigenvalue weighted by Crippen LogP contribution is -2.33. The Morgan fingerprint density at radius 2 is 2.00 bits per heavy atom. The van der Waals surface area contributed by atoms with Gasteiger partial charge < -0.3 is 15.0 Å². The number of nitrogens with one attached hydrogen (secondary N) is 1. The summed E-state index contributed by atoms with van der Waals surface area (Å²) in [7, 11) is 0. The van der Waals surface area contributed by atoms with Crippen LogP contribution in [0.5, 0.6) is 0 Å². The molecule has 1 heterocycles. The van der Waals surface area contributed by atoms with E-state index in [0.717, 1.165) is 0 Å². The van der Waals surface area contributed by atoms with Gasteiger partial charge in [-0.2, -0.15) is 5.26 Å². The van der Waals surface area contributed by atoms with E-state index in [0.29, 0.717) is 32.0 Å². The molecule has 104 valence electrons. The molecule has 1 N–H and O–H groups in total. The summed E-state index contributed by atoms with van der Waals surface area (Å²) in [5, 5.41) is 11.6. The summed E-state index contributed by atoms with van der Waals surface area (Å²) in [5.74, 6) is -0.891. The zero-order chi connectivity index (χ0) is 14.4. The van der Waals surface area contributed by atoms with E-state index in [1.54, 1.807) is 0 Å². The molecule has 2 rings (SSSR count). The molecule has 0 aliphatic carbocycles. The maximum Gasteiger partial charge on any atom is 0.267 e. The number of ether oxygens (including phenoxy) is 1. The summed E-state index contributed by atoms with van der Waals surface area (Å²) >= 11 is 0. The fourth-order valence-electron chi connectivity index (χ4n) is 1.76. The molecule has 0 unspecified atom stereocenters. The number of nitriles is 1. The first-order valence-corrected chi connectivity index (χ1v) is 6.19. The van der Waals surface area contributed by atoms with Crippen LogP contribution in [-0.2, 0) is 9.53 Å². The van der Waals surface area contributed by atoms with Gasteiger partial charge in [0.2, 0.25) is 0 Å². The Labute approximate surface area is 116 Å². The third-order valence-electron chi connectivity index (χ3n) is 2.82. The summed E-state index contributed by atoms with van der Waals surface area (Å²) in [6, 6.07) is 7.24. The van der Waals surface area contributed by atoms with Crippen LogP contribution in [0.4, 0.5) is 10.1 Å². The Kier molecular flexibility index (Phi) is 4.69. The van der Waals surface area contributed by atoms with Gasteiger partial charge in [-0.25, -0.2) is 4.39 Å². The molecular formula is C14H14FN3O2. The average molecular weight is 275 g/mol. The van der Waals surface area contributed by atoms with Crippen LogP contribution in [0.15, 0.2) is 36.0 Å². The zero-order valence-electron chi connectivity index (χ0n) is 10.8. The van der Waals surface area contributed by atoms with Crippen molar-refractivity contribution in [3.63, 3.8) is 0 Å². The van der Waals surface area contributed by atoms with Crippen LogP contribution in [0.1, 0.15) is 0 Å². The summed E-state index contributed by atoms with van der Waals surface area (Å²) in [6.45, 7) is 2.45. The largest absolute Gasteiger partial charge is 0.378 e. The third-order valence-corrected chi connectivity index (χ3v) is 2.82. The van der Waals surface area contributed by atoms with Crippen LogP contribution in [0.2, 0.25) is 0 Å². The number of hydrogen-bond acceptors (Lipinski definition) is 4. The van der Waals surface area contributed by atoms with Crippen molar-refractivity contribution in [3.05, 3.63) is 41.9 Å². The molecule has 0 bridgehead atoms. The second kappa shape index (κ2) is 6.68. The van der Waals surface area contributed by atoms with E-state index in [1.807, 2.05) is 11.0 Å². The molecule has 1 aliphatic heterocycles. The van der Waals surface area contributed by atoms with E-state index in [-0.39, 0.29) is 11.4 Å². The second-order valence-corrected chi connectivity index (χ2v) is 4.26. The normalized spacial score (nSPS) is 15.6. The predicted octanol–water partition coefficient (Wildman–Crippen LogP) is 1.50. The Morgan fingerprint density at radius 1 is 1.35 bits per heavy atom. The van der Waals surface area contributed by atoms with Gasteiger partial charge in [-0.05, 0) is 24.3 Å². The Morgan fingerprint density at radius 3 is 2.60 bits per heavy atom. The molecule has 0 aromatic heterocycles. The van der Waals surface area contributed by atoms with Crippen LogP contribution in [-0.4, -0.2) is 37.1 Å². The minimum absolute atomic E-state index is 0.0104. The van der Waals surface area contributed by atoms with E-state index in [9.17, 15) is 9.18 Å². The van der Waals surface area contributed by atoms with Gasteiger partial charge in [0.05, 0.1) is 13.2 Å². The maximum absolute atomic E-state index is 12.8. The van der Waals surface area contributed by atoms with E-state index < -0.39 is 5.91 Å². The first-order valence-electron chi connectivity index (χ1n) is 6.19. The Balaban J connectivity index is 2.03. The predicted molar refractivity (Wildman–Crippen MR) is 71.1 cm³/mol. The van der Waals surface area contributed by atoms with Gasteiger partial charge in [0.1, 0.15) is 17.5 Å². The summed E-state index contributed by atoms with van der Waals surface area (Å²) in [4.78, 5) is 13.8. The lowest BCUT2D eigenvalue weighted by molar-refractivity contribution is -0.112. The summed E-state index contributed by atoms with van der Waals surface area (Å²) < 4.78 is 18.0. The Hall–Kier alpha value is -2.39. The number of rotatable bonds is 3. The molecule has 0 atom stereocenters. The lowest BCUT2D eigenvalue weighted by atomic mass is 10.2. The number of nitrogens with zero attached hydrogens (tertiary/aromatic N) is 2. The number of hydrogen-bond donors (Lipinski definition) is 1. The molecule has 1 aromatic rings. The van der Waals surface area contributed by atoms with Gasteiger partial charge in [-0.15, -0.1) is 0 Å². The molecule has 1 aromatic carbocycles. The van der Waals surface area contributed by atoms with Crippen molar-refractivity contribution in [1.82, 2.24) is 4.90 Å². The van der Waals surface area contributed by atoms with Crippen LogP contribution in [0.3, 0.4) is 0 Å². The standard InChI is InChI=1S/C14H14FN3O2/c15-12-1-3-13(4-2-12)17-14(19)11(9-16)10-18-5-7-20-8-6-18/h1-4,10H,5-8H2,(H,17,19)/b11-10-. The minimum Gasteiger partial charge on any atom is -0.378 e. The molecule has 20 heavy (non-hydrogen) atoms. The highest BCUT2D eigenvalue weighted by atomic mass is 19.1. The third kappa shape index (κ3) is 3.80. The highest BCUT2D eigenvalue weighted by Gasteiger charge is 2.13. The number of carbonyl (C=O) groups is 1.